The minimum Gasteiger partial charge on any atom is -0.383 e. The van der Waals surface area contributed by atoms with E-state index in [4.69, 9.17) is 5.73 Å². The Hall–Kier alpha value is -0.960. The number of allylic oxidation sites excluding steroid dienone is 1. The first-order valence-corrected chi connectivity index (χ1v) is 8.23. The summed E-state index contributed by atoms with van der Waals surface area (Å²) in [5, 5.41) is 9.83. The molecule has 0 saturated carbocycles. The first-order chi connectivity index (χ1) is 10.7. The Morgan fingerprint density at radius 3 is 2.58 bits per heavy atom. The fourth-order valence-electron chi connectivity index (χ4n) is 2.24. The van der Waals surface area contributed by atoms with E-state index in [2.05, 4.69) is 35.2 Å². The van der Waals surface area contributed by atoms with Crippen molar-refractivity contribution < 1.29 is 9.90 Å². The molecule has 1 aromatic rings. The van der Waals surface area contributed by atoms with Crippen molar-refractivity contribution in [3.8, 4) is 0 Å². The van der Waals surface area contributed by atoms with Crippen molar-refractivity contribution >= 4 is 49.9 Å². The Bertz CT molecular complexity index is 591. The lowest BCUT2D eigenvalue weighted by Gasteiger charge is -2.25. The predicted octanol–water partition coefficient (Wildman–Crippen LogP) is 2.72. The van der Waals surface area contributed by atoms with Crippen LogP contribution in [-0.4, -0.2) is 30.6 Å². The topological polar surface area (TPSA) is 92.3 Å². The van der Waals surface area contributed by atoms with Gasteiger partial charge in [-0.3, -0.25) is 4.79 Å². The molecule has 0 radical (unpaired) electrons. The standard InChI is InChI=1S/C15H24N4O2S2.ClH/c1-4-5-12(6-15(21,22)23)10(2)19(9-20)8-13-7-17-11(3)18-14(13)16;/h7,9,21-23H,4-6,8H2,1-3H3,(H2,16,17,18);1H/b12-10-;. The summed E-state index contributed by atoms with van der Waals surface area (Å²) in [5.41, 5.74) is 8.23. The molecular weight excluding hydrogens is 368 g/mol. The van der Waals surface area contributed by atoms with E-state index in [1.54, 1.807) is 13.1 Å². The van der Waals surface area contributed by atoms with Gasteiger partial charge in [-0.15, -0.1) is 37.7 Å². The molecule has 6 nitrogen and oxygen atoms in total. The lowest BCUT2D eigenvalue weighted by molar-refractivity contribution is -0.117. The highest BCUT2D eigenvalue weighted by Crippen LogP contribution is 2.30. The lowest BCUT2D eigenvalue weighted by atomic mass is 10.0. The summed E-state index contributed by atoms with van der Waals surface area (Å²) in [4.78, 5) is 21.3. The largest absolute Gasteiger partial charge is 0.383 e. The fourth-order valence-corrected chi connectivity index (χ4v) is 2.62. The molecule has 0 aromatic carbocycles. The molecular formula is C15H25ClN4O2S2. The van der Waals surface area contributed by atoms with Crippen molar-refractivity contribution in [1.29, 1.82) is 0 Å². The highest BCUT2D eigenvalue weighted by Gasteiger charge is 2.21. The number of rotatable bonds is 8. The molecule has 1 aromatic heterocycles. The summed E-state index contributed by atoms with van der Waals surface area (Å²) in [6.45, 7) is 5.88. The van der Waals surface area contributed by atoms with E-state index in [0.29, 0.717) is 17.2 Å². The van der Waals surface area contributed by atoms with Gasteiger partial charge in [-0.1, -0.05) is 13.3 Å². The Balaban J connectivity index is 0.00000529. The molecule has 1 rings (SSSR count). The van der Waals surface area contributed by atoms with Crippen LogP contribution in [0.15, 0.2) is 17.5 Å². The molecule has 0 fully saturated rings. The molecule has 3 N–H and O–H groups in total. The number of halogens is 1. The highest BCUT2D eigenvalue weighted by atomic mass is 35.5. The van der Waals surface area contributed by atoms with Crippen LogP contribution < -0.4 is 5.73 Å². The summed E-state index contributed by atoms with van der Waals surface area (Å²) >= 11 is 8.09. The number of thiol groups is 2. The third kappa shape index (κ3) is 7.29. The van der Waals surface area contributed by atoms with Crippen LogP contribution in [0.5, 0.6) is 0 Å². The molecule has 0 aliphatic carbocycles. The highest BCUT2D eigenvalue weighted by molar-refractivity contribution is 8.00. The van der Waals surface area contributed by atoms with Gasteiger partial charge in [0.15, 0.2) is 4.27 Å². The van der Waals surface area contributed by atoms with E-state index < -0.39 is 4.27 Å². The van der Waals surface area contributed by atoms with Gasteiger partial charge in [0.1, 0.15) is 11.6 Å². The van der Waals surface area contributed by atoms with Crippen molar-refractivity contribution in [3.05, 3.63) is 28.9 Å². The summed E-state index contributed by atoms with van der Waals surface area (Å²) in [7, 11) is 0. The number of aliphatic hydroxyl groups is 1. The normalized spacial score (nSPS) is 12.2. The van der Waals surface area contributed by atoms with Gasteiger partial charge in [-0.05, 0) is 25.8 Å². The zero-order valence-electron chi connectivity index (χ0n) is 14.1. The van der Waals surface area contributed by atoms with Crippen molar-refractivity contribution in [2.75, 3.05) is 5.73 Å². The van der Waals surface area contributed by atoms with Crippen LogP contribution in [-0.2, 0) is 11.3 Å². The lowest BCUT2D eigenvalue weighted by Crippen LogP contribution is -2.24. The average molecular weight is 393 g/mol. The first-order valence-electron chi connectivity index (χ1n) is 7.33. The predicted molar refractivity (Wildman–Crippen MR) is 105 cm³/mol. The number of nitrogens with two attached hydrogens (primary N) is 1. The Morgan fingerprint density at radius 1 is 1.50 bits per heavy atom. The first kappa shape index (κ1) is 23.0. The summed E-state index contributed by atoms with van der Waals surface area (Å²) < 4.78 is -1.42. The number of nitrogens with zero attached hydrogens (tertiary/aromatic N) is 3. The molecule has 0 atom stereocenters. The van der Waals surface area contributed by atoms with Crippen LogP contribution in [0.2, 0.25) is 0 Å². The third-order valence-electron chi connectivity index (χ3n) is 3.43. The molecule has 9 heteroatoms. The van der Waals surface area contributed by atoms with Gasteiger partial charge in [-0.2, -0.15) is 0 Å². The molecule has 0 spiro atoms. The summed E-state index contributed by atoms with van der Waals surface area (Å²) in [6, 6.07) is 0. The molecule has 1 amide bonds. The van der Waals surface area contributed by atoms with Crippen LogP contribution >= 0.6 is 37.7 Å². The van der Waals surface area contributed by atoms with Crippen LogP contribution in [0.25, 0.3) is 0 Å². The summed E-state index contributed by atoms with van der Waals surface area (Å²) in [5.74, 6) is 0.937. The van der Waals surface area contributed by atoms with Crippen LogP contribution in [0.3, 0.4) is 0 Å². The van der Waals surface area contributed by atoms with E-state index in [0.717, 1.165) is 30.5 Å². The molecule has 0 aliphatic heterocycles. The molecule has 0 bridgehead atoms. The number of nitrogen functional groups attached to an aromatic ring is 1. The van der Waals surface area contributed by atoms with Gasteiger partial charge < -0.3 is 15.7 Å². The van der Waals surface area contributed by atoms with Crippen molar-refractivity contribution in [2.45, 2.75) is 50.8 Å². The molecule has 136 valence electrons. The Morgan fingerprint density at radius 2 is 2.12 bits per heavy atom. The van der Waals surface area contributed by atoms with Gasteiger partial charge in [0, 0.05) is 23.9 Å². The van der Waals surface area contributed by atoms with Crippen molar-refractivity contribution in [1.82, 2.24) is 14.9 Å². The van der Waals surface area contributed by atoms with Gasteiger partial charge in [0.05, 0.1) is 6.54 Å². The van der Waals surface area contributed by atoms with Crippen molar-refractivity contribution in [2.24, 2.45) is 0 Å². The van der Waals surface area contributed by atoms with Crippen molar-refractivity contribution in [3.63, 3.8) is 0 Å². The quantitative estimate of drug-likeness (QED) is 0.310. The number of amides is 1. The smallest absolute Gasteiger partial charge is 0.214 e. The zero-order valence-corrected chi connectivity index (χ0v) is 16.7. The third-order valence-corrected chi connectivity index (χ3v) is 3.75. The molecule has 1 heterocycles. The number of hydrogen-bond acceptors (Lipinski definition) is 7. The maximum Gasteiger partial charge on any atom is 0.214 e. The number of anilines is 1. The minimum absolute atomic E-state index is 0. The number of aromatic nitrogens is 2. The molecule has 0 saturated heterocycles. The van der Waals surface area contributed by atoms with E-state index >= 15 is 0 Å². The summed E-state index contributed by atoms with van der Waals surface area (Å²) in [6.07, 6.45) is 4.23. The monoisotopic (exact) mass is 392 g/mol. The molecule has 24 heavy (non-hydrogen) atoms. The molecule has 0 unspecified atom stereocenters. The van der Waals surface area contributed by atoms with E-state index in [-0.39, 0.29) is 25.4 Å². The average Bonchev–Trinajstić information content (AvgIpc) is 2.44. The van der Waals surface area contributed by atoms with Crippen LogP contribution in [0.1, 0.15) is 44.5 Å². The maximum atomic E-state index is 11.5. The second-order valence-electron chi connectivity index (χ2n) is 5.45. The maximum absolute atomic E-state index is 11.5. The minimum atomic E-state index is -1.42. The second-order valence-corrected chi connectivity index (χ2v) is 7.28. The Kier molecular flexibility index (Phi) is 9.72. The molecule has 0 aliphatic rings. The Labute approximate surface area is 160 Å². The fraction of sp³-hybridized carbons (Fsp3) is 0.533. The van der Waals surface area contributed by atoms with Gasteiger partial charge in [0.25, 0.3) is 0 Å². The van der Waals surface area contributed by atoms with Gasteiger partial charge in [-0.25, -0.2) is 9.97 Å². The van der Waals surface area contributed by atoms with Gasteiger partial charge >= 0.3 is 0 Å². The second kappa shape index (κ2) is 10.1. The van der Waals surface area contributed by atoms with Gasteiger partial charge in [0.2, 0.25) is 6.41 Å². The van der Waals surface area contributed by atoms with E-state index in [9.17, 15) is 9.90 Å². The zero-order chi connectivity index (χ0) is 17.6. The number of aryl methyl sites for hydroxylation is 1. The van der Waals surface area contributed by atoms with E-state index in [1.807, 2.05) is 13.8 Å². The number of carbonyl (C=O) groups is 1. The number of hydrogen-bond donors (Lipinski definition) is 4. The van der Waals surface area contributed by atoms with Crippen LogP contribution in [0.4, 0.5) is 5.82 Å². The SMILES string of the molecule is CCC/C(CC(O)(S)S)=C(\C)N(C=O)Cc1cnc(C)nc1N.Cl. The van der Waals surface area contributed by atoms with Crippen LogP contribution in [0, 0.1) is 6.92 Å². The number of carbonyl (C=O) groups excluding carboxylic acids is 1. The van der Waals surface area contributed by atoms with E-state index in [1.165, 1.54) is 4.90 Å².